The molecule has 2 heteroatoms. The molecule has 0 saturated carbocycles. The van der Waals surface area contributed by atoms with Gasteiger partial charge in [0, 0.05) is 24.5 Å². The third kappa shape index (κ3) is 2.25. The molecular formula is C13H20N2. The van der Waals surface area contributed by atoms with Crippen LogP contribution in [-0.4, -0.2) is 13.1 Å². The van der Waals surface area contributed by atoms with Crippen molar-refractivity contribution in [3.63, 3.8) is 0 Å². The van der Waals surface area contributed by atoms with Crippen LogP contribution in [0.4, 0.5) is 11.4 Å². The van der Waals surface area contributed by atoms with Crippen LogP contribution in [0.25, 0.3) is 0 Å². The van der Waals surface area contributed by atoms with E-state index in [-0.39, 0.29) is 0 Å². The second-order valence-corrected chi connectivity index (χ2v) is 4.71. The Morgan fingerprint density at radius 2 is 1.93 bits per heavy atom. The molecule has 2 nitrogen and oxygen atoms in total. The van der Waals surface area contributed by atoms with Crippen LogP contribution in [-0.2, 0) is 0 Å². The first-order valence-electron chi connectivity index (χ1n) is 5.78. The standard InChI is InChI=1S/C13H20N2/c1-10-5-7-15(8-6-10)12-3-4-13(14)11(2)9-12/h3-4,9-10H,5-8,14H2,1-2H3. The molecular weight excluding hydrogens is 184 g/mol. The summed E-state index contributed by atoms with van der Waals surface area (Å²) in [5.74, 6) is 0.885. The lowest BCUT2D eigenvalue weighted by molar-refractivity contribution is 0.438. The Hall–Kier alpha value is -1.18. The number of nitrogens with zero attached hydrogens (tertiary/aromatic N) is 1. The van der Waals surface area contributed by atoms with Gasteiger partial charge in [0.2, 0.25) is 0 Å². The lowest BCUT2D eigenvalue weighted by Crippen LogP contribution is -2.32. The maximum atomic E-state index is 5.82. The Morgan fingerprint density at radius 1 is 1.27 bits per heavy atom. The molecule has 0 amide bonds. The van der Waals surface area contributed by atoms with E-state index < -0.39 is 0 Å². The van der Waals surface area contributed by atoms with Gasteiger partial charge in [-0.1, -0.05) is 6.92 Å². The van der Waals surface area contributed by atoms with Gasteiger partial charge < -0.3 is 10.6 Å². The molecule has 1 aromatic rings. The minimum Gasteiger partial charge on any atom is -0.399 e. The molecule has 0 aromatic heterocycles. The maximum Gasteiger partial charge on any atom is 0.0370 e. The summed E-state index contributed by atoms with van der Waals surface area (Å²) in [6, 6.07) is 6.35. The lowest BCUT2D eigenvalue weighted by Gasteiger charge is -2.32. The quantitative estimate of drug-likeness (QED) is 0.713. The molecule has 2 N–H and O–H groups in total. The number of rotatable bonds is 1. The van der Waals surface area contributed by atoms with E-state index in [2.05, 4.69) is 30.9 Å². The molecule has 1 aromatic carbocycles. The van der Waals surface area contributed by atoms with Gasteiger partial charge in [0.05, 0.1) is 0 Å². The molecule has 0 radical (unpaired) electrons. The highest BCUT2D eigenvalue weighted by molar-refractivity contribution is 5.58. The van der Waals surface area contributed by atoms with Gasteiger partial charge in [-0.2, -0.15) is 0 Å². The highest BCUT2D eigenvalue weighted by Gasteiger charge is 2.15. The van der Waals surface area contributed by atoms with Crippen molar-refractivity contribution < 1.29 is 0 Å². The summed E-state index contributed by atoms with van der Waals surface area (Å²) in [4.78, 5) is 2.46. The number of piperidine rings is 1. The first-order valence-corrected chi connectivity index (χ1v) is 5.78. The number of benzene rings is 1. The van der Waals surface area contributed by atoms with E-state index in [1.807, 2.05) is 6.07 Å². The monoisotopic (exact) mass is 204 g/mol. The van der Waals surface area contributed by atoms with Crippen LogP contribution in [0, 0.1) is 12.8 Å². The first kappa shape index (κ1) is 10.3. The van der Waals surface area contributed by atoms with Gasteiger partial charge in [0.15, 0.2) is 0 Å². The van der Waals surface area contributed by atoms with Gasteiger partial charge in [0.1, 0.15) is 0 Å². The predicted octanol–water partition coefficient (Wildman–Crippen LogP) is 2.81. The van der Waals surface area contributed by atoms with E-state index in [9.17, 15) is 0 Å². The third-order valence-electron chi connectivity index (χ3n) is 3.40. The topological polar surface area (TPSA) is 29.3 Å². The van der Waals surface area contributed by atoms with Crippen LogP contribution in [0.15, 0.2) is 18.2 Å². The zero-order valence-electron chi connectivity index (χ0n) is 9.66. The van der Waals surface area contributed by atoms with Crippen LogP contribution in [0.1, 0.15) is 25.3 Å². The molecule has 0 spiro atoms. The van der Waals surface area contributed by atoms with Crippen molar-refractivity contribution in [1.82, 2.24) is 0 Å². The molecule has 1 fully saturated rings. The zero-order valence-corrected chi connectivity index (χ0v) is 9.66. The smallest absolute Gasteiger partial charge is 0.0370 e. The second-order valence-electron chi connectivity index (χ2n) is 4.71. The van der Waals surface area contributed by atoms with Gasteiger partial charge in [-0.15, -0.1) is 0 Å². The van der Waals surface area contributed by atoms with Crippen molar-refractivity contribution in [2.75, 3.05) is 23.7 Å². The van der Waals surface area contributed by atoms with Crippen molar-refractivity contribution in [3.05, 3.63) is 23.8 Å². The van der Waals surface area contributed by atoms with Crippen LogP contribution in [0.2, 0.25) is 0 Å². The molecule has 1 aliphatic rings. The molecule has 1 saturated heterocycles. The molecule has 2 rings (SSSR count). The number of aryl methyl sites for hydroxylation is 1. The van der Waals surface area contributed by atoms with Crippen molar-refractivity contribution in [2.24, 2.45) is 5.92 Å². The highest BCUT2D eigenvalue weighted by Crippen LogP contribution is 2.25. The van der Waals surface area contributed by atoms with Crippen molar-refractivity contribution in [2.45, 2.75) is 26.7 Å². The summed E-state index contributed by atoms with van der Waals surface area (Å²) in [5, 5.41) is 0. The number of nitrogens with two attached hydrogens (primary N) is 1. The first-order chi connectivity index (χ1) is 7.16. The molecule has 0 aliphatic carbocycles. The Morgan fingerprint density at radius 3 is 2.53 bits per heavy atom. The summed E-state index contributed by atoms with van der Waals surface area (Å²) < 4.78 is 0. The largest absolute Gasteiger partial charge is 0.399 e. The molecule has 15 heavy (non-hydrogen) atoms. The van der Waals surface area contributed by atoms with Crippen molar-refractivity contribution >= 4 is 11.4 Å². The van der Waals surface area contributed by atoms with Crippen LogP contribution >= 0.6 is 0 Å². The number of hydrogen-bond acceptors (Lipinski definition) is 2. The molecule has 1 aliphatic heterocycles. The normalized spacial score (nSPS) is 18.1. The summed E-state index contributed by atoms with van der Waals surface area (Å²) in [6.45, 7) is 6.78. The average molecular weight is 204 g/mol. The Labute approximate surface area is 92.1 Å². The van der Waals surface area contributed by atoms with Gasteiger partial charge >= 0.3 is 0 Å². The number of hydrogen-bond donors (Lipinski definition) is 1. The molecule has 1 heterocycles. The zero-order chi connectivity index (χ0) is 10.8. The van der Waals surface area contributed by atoms with Crippen LogP contribution in [0.5, 0.6) is 0 Å². The SMILES string of the molecule is Cc1cc(N2CCC(C)CC2)ccc1N. The Balaban J connectivity index is 2.12. The van der Waals surface area contributed by atoms with Gasteiger partial charge in [0.25, 0.3) is 0 Å². The molecule has 0 unspecified atom stereocenters. The fraction of sp³-hybridized carbons (Fsp3) is 0.538. The van der Waals surface area contributed by atoms with E-state index in [4.69, 9.17) is 5.73 Å². The predicted molar refractivity (Wildman–Crippen MR) is 66.2 cm³/mol. The van der Waals surface area contributed by atoms with E-state index in [1.165, 1.54) is 37.2 Å². The minimum absolute atomic E-state index is 0.885. The van der Waals surface area contributed by atoms with Crippen molar-refractivity contribution in [1.29, 1.82) is 0 Å². The average Bonchev–Trinajstić information content (AvgIpc) is 2.23. The van der Waals surface area contributed by atoms with Gasteiger partial charge in [-0.3, -0.25) is 0 Å². The highest BCUT2D eigenvalue weighted by atomic mass is 15.1. The molecule has 82 valence electrons. The fourth-order valence-corrected chi connectivity index (χ4v) is 2.12. The lowest BCUT2D eigenvalue weighted by atomic mass is 9.98. The molecule has 0 bridgehead atoms. The van der Waals surface area contributed by atoms with E-state index in [1.54, 1.807) is 0 Å². The summed E-state index contributed by atoms with van der Waals surface area (Å²) in [6.07, 6.45) is 2.62. The summed E-state index contributed by atoms with van der Waals surface area (Å²) >= 11 is 0. The number of anilines is 2. The van der Waals surface area contributed by atoms with Gasteiger partial charge in [-0.25, -0.2) is 0 Å². The Kier molecular flexibility index (Phi) is 2.85. The van der Waals surface area contributed by atoms with Crippen molar-refractivity contribution in [3.8, 4) is 0 Å². The van der Waals surface area contributed by atoms with E-state index in [0.717, 1.165) is 11.6 Å². The fourth-order valence-electron chi connectivity index (χ4n) is 2.12. The van der Waals surface area contributed by atoms with E-state index >= 15 is 0 Å². The van der Waals surface area contributed by atoms with E-state index in [0.29, 0.717) is 0 Å². The van der Waals surface area contributed by atoms with Crippen LogP contribution in [0.3, 0.4) is 0 Å². The summed E-state index contributed by atoms with van der Waals surface area (Å²) in [7, 11) is 0. The molecule has 0 atom stereocenters. The second kappa shape index (κ2) is 4.13. The number of nitrogen functional groups attached to an aromatic ring is 1. The van der Waals surface area contributed by atoms with Crippen LogP contribution < -0.4 is 10.6 Å². The van der Waals surface area contributed by atoms with Gasteiger partial charge in [-0.05, 0) is 49.4 Å². The third-order valence-corrected chi connectivity index (χ3v) is 3.40. The maximum absolute atomic E-state index is 5.82. The Bertz CT molecular complexity index is 338. The summed E-state index contributed by atoms with van der Waals surface area (Å²) in [5.41, 5.74) is 9.23. The minimum atomic E-state index is 0.885.